The third-order valence-corrected chi connectivity index (χ3v) is 4.21. The Hall–Kier alpha value is -2.68. The molecule has 1 atom stereocenters. The lowest BCUT2D eigenvalue weighted by Crippen LogP contribution is -2.16. The Balaban J connectivity index is 1.66. The van der Waals surface area contributed by atoms with Gasteiger partial charge in [-0.3, -0.25) is 14.5 Å². The Labute approximate surface area is 135 Å². The molecule has 0 unspecified atom stereocenters. The van der Waals surface area contributed by atoms with Crippen LogP contribution in [0.4, 0.5) is 0 Å². The maximum Gasteiger partial charge on any atom is 0.183 e. The lowest BCUT2D eigenvalue weighted by Gasteiger charge is -2.07. The van der Waals surface area contributed by atoms with E-state index in [0.29, 0.717) is 25.2 Å². The van der Waals surface area contributed by atoms with Gasteiger partial charge in [0.2, 0.25) is 0 Å². The Morgan fingerprint density at radius 2 is 2.35 bits per heavy atom. The zero-order valence-corrected chi connectivity index (χ0v) is 13.1. The highest BCUT2D eigenvalue weighted by molar-refractivity contribution is 5.94. The molecule has 1 aliphatic heterocycles. The normalized spacial score (nSPS) is 17.2. The first-order valence-corrected chi connectivity index (χ1v) is 7.78. The zero-order valence-electron chi connectivity index (χ0n) is 13.1. The number of nitriles is 1. The summed E-state index contributed by atoms with van der Waals surface area (Å²) in [6.45, 7) is 3.93. The van der Waals surface area contributed by atoms with Crippen LogP contribution in [0, 0.1) is 24.3 Å². The molecule has 0 radical (unpaired) electrons. The van der Waals surface area contributed by atoms with Crippen LogP contribution in [0.3, 0.4) is 0 Å². The smallest absolute Gasteiger partial charge is 0.183 e. The van der Waals surface area contributed by atoms with Crippen molar-refractivity contribution >= 4 is 5.78 Å². The molecule has 23 heavy (non-hydrogen) atoms. The highest BCUT2D eigenvalue weighted by Crippen LogP contribution is 2.21. The summed E-state index contributed by atoms with van der Waals surface area (Å²) in [7, 11) is 0. The lowest BCUT2D eigenvalue weighted by atomic mass is 10.0. The van der Waals surface area contributed by atoms with Gasteiger partial charge in [0.15, 0.2) is 12.0 Å². The van der Waals surface area contributed by atoms with Gasteiger partial charge in [-0.15, -0.1) is 0 Å². The van der Waals surface area contributed by atoms with E-state index >= 15 is 0 Å². The molecule has 2 aromatic heterocycles. The largest absolute Gasteiger partial charge is 0.310 e. The molecule has 3 heterocycles. The molecular weight excluding hydrogens is 290 g/mol. The van der Waals surface area contributed by atoms with Crippen molar-refractivity contribution in [2.75, 3.05) is 13.1 Å². The van der Waals surface area contributed by atoms with Crippen molar-refractivity contribution in [3.8, 4) is 6.19 Å². The van der Waals surface area contributed by atoms with Crippen molar-refractivity contribution in [3.63, 3.8) is 0 Å². The monoisotopic (exact) mass is 309 g/mol. The first-order valence-electron chi connectivity index (χ1n) is 7.78. The highest BCUT2D eigenvalue weighted by Gasteiger charge is 2.25. The fourth-order valence-electron chi connectivity index (χ4n) is 2.91. The van der Waals surface area contributed by atoms with Crippen LogP contribution < -0.4 is 0 Å². The molecule has 0 spiro atoms. The van der Waals surface area contributed by atoms with Crippen LogP contribution in [-0.4, -0.2) is 38.5 Å². The summed E-state index contributed by atoms with van der Waals surface area (Å²) in [5.41, 5.74) is 2.37. The van der Waals surface area contributed by atoms with Gasteiger partial charge in [-0.2, -0.15) is 10.4 Å². The molecule has 0 saturated carbocycles. The van der Waals surface area contributed by atoms with Gasteiger partial charge in [-0.25, -0.2) is 0 Å². The average molecular weight is 309 g/mol. The summed E-state index contributed by atoms with van der Waals surface area (Å²) < 4.78 is 1.81. The van der Waals surface area contributed by atoms with E-state index in [2.05, 4.69) is 16.3 Å². The minimum absolute atomic E-state index is 0.0534. The van der Waals surface area contributed by atoms with E-state index in [1.54, 1.807) is 11.1 Å². The van der Waals surface area contributed by atoms with Crippen molar-refractivity contribution in [2.24, 2.45) is 5.92 Å². The Bertz CT molecular complexity index is 731. The van der Waals surface area contributed by atoms with Gasteiger partial charge >= 0.3 is 0 Å². The van der Waals surface area contributed by atoms with E-state index in [4.69, 9.17) is 5.26 Å². The summed E-state index contributed by atoms with van der Waals surface area (Å²) in [6.07, 6.45) is 5.25. The Kier molecular flexibility index (Phi) is 4.38. The van der Waals surface area contributed by atoms with Crippen molar-refractivity contribution in [1.82, 2.24) is 19.7 Å². The van der Waals surface area contributed by atoms with Gasteiger partial charge in [0.25, 0.3) is 0 Å². The van der Waals surface area contributed by atoms with Crippen LogP contribution in [0.25, 0.3) is 0 Å². The van der Waals surface area contributed by atoms with Crippen LogP contribution in [0.5, 0.6) is 0 Å². The minimum Gasteiger partial charge on any atom is -0.310 e. The number of likely N-dealkylation sites (tertiary alicyclic amines) is 1. The van der Waals surface area contributed by atoms with E-state index in [0.717, 1.165) is 24.4 Å². The van der Waals surface area contributed by atoms with Crippen molar-refractivity contribution in [1.29, 1.82) is 5.26 Å². The fraction of sp³-hybridized carbons (Fsp3) is 0.412. The SMILES string of the molecule is Cc1cc(C(=O)C[C@@H]2CCN(C#N)C2)nn1Cc1ccccn1. The molecule has 1 aliphatic rings. The van der Waals surface area contributed by atoms with Crippen molar-refractivity contribution in [2.45, 2.75) is 26.3 Å². The molecule has 0 bridgehead atoms. The molecule has 3 rings (SSSR count). The number of hydrogen-bond acceptors (Lipinski definition) is 5. The van der Waals surface area contributed by atoms with Crippen molar-refractivity contribution < 1.29 is 4.79 Å². The molecule has 6 heteroatoms. The molecule has 6 nitrogen and oxygen atoms in total. The predicted molar refractivity (Wildman–Crippen MR) is 84.5 cm³/mol. The number of nitrogens with zero attached hydrogens (tertiary/aromatic N) is 5. The molecule has 2 aromatic rings. The number of aryl methyl sites for hydroxylation is 1. The fourth-order valence-corrected chi connectivity index (χ4v) is 2.91. The second kappa shape index (κ2) is 6.61. The van der Waals surface area contributed by atoms with Crippen LogP contribution in [0.2, 0.25) is 0 Å². The molecule has 0 aliphatic carbocycles. The lowest BCUT2D eigenvalue weighted by molar-refractivity contribution is 0.0957. The summed E-state index contributed by atoms with van der Waals surface area (Å²) in [4.78, 5) is 18.4. The second-order valence-corrected chi connectivity index (χ2v) is 5.98. The zero-order chi connectivity index (χ0) is 16.2. The molecule has 1 fully saturated rings. The van der Waals surface area contributed by atoms with Gasteiger partial charge in [0.1, 0.15) is 5.69 Å². The quantitative estimate of drug-likeness (QED) is 0.624. The summed E-state index contributed by atoms with van der Waals surface area (Å²) >= 11 is 0. The topological polar surface area (TPSA) is 74.8 Å². The van der Waals surface area contributed by atoms with Crippen molar-refractivity contribution in [3.05, 3.63) is 47.5 Å². The number of pyridine rings is 1. The number of hydrogen-bond donors (Lipinski definition) is 0. The third-order valence-electron chi connectivity index (χ3n) is 4.21. The Morgan fingerprint density at radius 1 is 1.48 bits per heavy atom. The second-order valence-electron chi connectivity index (χ2n) is 5.98. The summed E-state index contributed by atoms with van der Waals surface area (Å²) in [6, 6.07) is 7.59. The number of ketones is 1. The van der Waals surface area contributed by atoms with Gasteiger partial charge in [-0.1, -0.05) is 6.07 Å². The standard InChI is InChI=1S/C17H19N5O/c1-13-8-16(17(23)9-14-5-7-21(10-14)12-18)20-22(13)11-15-4-2-3-6-19-15/h2-4,6,8,14H,5,7,9-11H2,1H3/t14-/m0/s1. The van der Waals surface area contributed by atoms with E-state index in [1.807, 2.05) is 35.9 Å². The number of Topliss-reactive ketones (excluding diaryl/α,β-unsaturated/α-hetero) is 1. The van der Waals surface area contributed by atoms with Crippen LogP contribution >= 0.6 is 0 Å². The third kappa shape index (κ3) is 3.57. The van der Waals surface area contributed by atoms with E-state index in [1.165, 1.54) is 0 Å². The average Bonchev–Trinajstić information content (AvgIpc) is 3.15. The van der Waals surface area contributed by atoms with E-state index in [9.17, 15) is 4.79 Å². The van der Waals surface area contributed by atoms with Crippen LogP contribution in [0.15, 0.2) is 30.5 Å². The molecule has 0 aromatic carbocycles. The summed E-state index contributed by atoms with van der Waals surface area (Å²) in [5.74, 6) is 0.307. The summed E-state index contributed by atoms with van der Waals surface area (Å²) in [5, 5.41) is 13.3. The molecular formula is C17H19N5O. The predicted octanol–water partition coefficient (Wildman–Crippen LogP) is 2.01. The van der Waals surface area contributed by atoms with Crippen LogP contribution in [-0.2, 0) is 6.54 Å². The number of rotatable bonds is 5. The molecule has 0 N–H and O–H groups in total. The molecule has 1 saturated heterocycles. The minimum atomic E-state index is 0.0534. The van der Waals surface area contributed by atoms with Crippen LogP contribution in [0.1, 0.15) is 34.7 Å². The number of carbonyl (C=O) groups is 1. The van der Waals surface area contributed by atoms with E-state index < -0.39 is 0 Å². The molecule has 0 amide bonds. The number of carbonyl (C=O) groups excluding carboxylic acids is 1. The first-order chi connectivity index (χ1) is 11.2. The number of aromatic nitrogens is 3. The highest BCUT2D eigenvalue weighted by atomic mass is 16.1. The Morgan fingerprint density at radius 3 is 3.04 bits per heavy atom. The van der Waals surface area contributed by atoms with Gasteiger partial charge in [-0.05, 0) is 37.5 Å². The maximum atomic E-state index is 12.4. The van der Waals surface area contributed by atoms with Gasteiger partial charge in [0.05, 0.1) is 12.2 Å². The maximum absolute atomic E-state index is 12.4. The van der Waals surface area contributed by atoms with Gasteiger partial charge < -0.3 is 4.90 Å². The molecule has 118 valence electrons. The van der Waals surface area contributed by atoms with Gasteiger partial charge in [0, 0.05) is 31.4 Å². The van der Waals surface area contributed by atoms with E-state index in [-0.39, 0.29) is 11.7 Å². The first kappa shape index (κ1) is 15.2.